The molecule has 1 N–H and O–H groups in total. The number of halogens is 2. The number of rotatable bonds is 6. The minimum absolute atomic E-state index is 0.0355. The second-order valence-corrected chi connectivity index (χ2v) is 8.29. The van der Waals surface area contributed by atoms with Crippen molar-refractivity contribution in [3.8, 4) is 5.88 Å². The number of pyridine rings is 1. The Morgan fingerprint density at radius 2 is 1.91 bits per heavy atom. The number of nitrogens with zero attached hydrogens (tertiary/aromatic N) is 3. The number of aromatic nitrogens is 1. The number of urea groups is 1. The maximum Gasteiger partial charge on any atom is 0.325 e. The molecule has 3 amide bonds. The summed E-state index contributed by atoms with van der Waals surface area (Å²) >= 11 is 0. The Kier molecular flexibility index (Phi) is 6.53. The average Bonchev–Trinajstić information content (AvgIpc) is 3.13. The third-order valence-electron chi connectivity index (χ3n) is 5.86. The number of benzene rings is 1. The van der Waals surface area contributed by atoms with Crippen LogP contribution in [0.1, 0.15) is 31.2 Å². The molecule has 1 aliphatic heterocycles. The Labute approximate surface area is 185 Å². The molecule has 1 saturated heterocycles. The Hall–Kier alpha value is -3.23. The first kappa shape index (κ1) is 22.0. The van der Waals surface area contributed by atoms with E-state index in [0.29, 0.717) is 19.0 Å². The van der Waals surface area contributed by atoms with E-state index < -0.39 is 17.7 Å². The van der Waals surface area contributed by atoms with Crippen LogP contribution < -0.4 is 15.0 Å². The topological polar surface area (TPSA) is 74.8 Å². The fourth-order valence-corrected chi connectivity index (χ4v) is 4.09. The molecule has 1 aromatic heterocycles. The maximum absolute atomic E-state index is 13.5. The van der Waals surface area contributed by atoms with E-state index >= 15 is 0 Å². The van der Waals surface area contributed by atoms with Gasteiger partial charge in [-0.25, -0.2) is 18.6 Å². The quantitative estimate of drug-likeness (QED) is 0.741. The number of hydrogen-bond donors (Lipinski definition) is 1. The van der Waals surface area contributed by atoms with Gasteiger partial charge in [-0.3, -0.25) is 9.69 Å². The van der Waals surface area contributed by atoms with Gasteiger partial charge in [0.05, 0.1) is 0 Å². The molecule has 0 bridgehead atoms. The van der Waals surface area contributed by atoms with Crippen LogP contribution in [-0.2, 0) is 4.79 Å². The number of aryl methyl sites for hydroxylation is 1. The van der Waals surface area contributed by atoms with E-state index in [-0.39, 0.29) is 30.3 Å². The molecule has 0 atom stereocenters. The number of amides is 3. The summed E-state index contributed by atoms with van der Waals surface area (Å²) in [4.78, 5) is 32.1. The lowest BCUT2D eigenvalue weighted by Gasteiger charge is -2.29. The fourth-order valence-electron chi connectivity index (χ4n) is 4.09. The second kappa shape index (κ2) is 9.50. The van der Waals surface area contributed by atoms with Crippen LogP contribution in [0, 0.1) is 18.6 Å². The molecule has 2 aliphatic rings. The smallest absolute Gasteiger partial charge is 0.325 e. The van der Waals surface area contributed by atoms with Crippen molar-refractivity contribution in [2.45, 2.75) is 44.8 Å². The summed E-state index contributed by atoms with van der Waals surface area (Å²) in [5.41, 5.74) is 1.35. The summed E-state index contributed by atoms with van der Waals surface area (Å²) in [6, 6.07) is 6.79. The summed E-state index contributed by atoms with van der Waals surface area (Å²) in [7, 11) is 0. The van der Waals surface area contributed by atoms with E-state index in [2.05, 4.69) is 10.3 Å². The predicted octanol–water partition coefficient (Wildman–Crippen LogP) is 3.42. The molecule has 2 heterocycles. The molecular formula is C23H26F2N4O3. The molecule has 0 unspecified atom stereocenters. The number of anilines is 1. The SMILES string of the molecule is Cc1ccc(OC2CCC(NC(=O)CN3CCN(c4ccc(F)c(F)c4)C3=O)CC2)nc1. The third kappa shape index (κ3) is 5.15. The Balaban J connectivity index is 1.22. The van der Waals surface area contributed by atoms with Crippen molar-refractivity contribution < 1.29 is 23.1 Å². The van der Waals surface area contributed by atoms with Crippen LogP contribution in [-0.4, -0.2) is 53.6 Å². The van der Waals surface area contributed by atoms with Gasteiger partial charge in [0.25, 0.3) is 0 Å². The lowest BCUT2D eigenvalue weighted by atomic mass is 9.93. The van der Waals surface area contributed by atoms with Crippen LogP contribution in [0.25, 0.3) is 0 Å². The summed E-state index contributed by atoms with van der Waals surface area (Å²) < 4.78 is 32.6. The van der Waals surface area contributed by atoms with Crippen LogP contribution >= 0.6 is 0 Å². The van der Waals surface area contributed by atoms with Crippen molar-refractivity contribution in [3.63, 3.8) is 0 Å². The van der Waals surface area contributed by atoms with E-state index in [0.717, 1.165) is 43.4 Å². The third-order valence-corrected chi connectivity index (χ3v) is 5.86. The summed E-state index contributed by atoms with van der Waals surface area (Å²) in [6.45, 7) is 2.56. The molecule has 0 radical (unpaired) electrons. The molecule has 170 valence electrons. The number of nitrogens with one attached hydrogen (secondary N) is 1. The van der Waals surface area contributed by atoms with Crippen LogP contribution in [0.4, 0.5) is 19.3 Å². The summed E-state index contributed by atoms with van der Waals surface area (Å²) in [6.07, 6.45) is 5.05. The molecule has 4 rings (SSSR count). The molecule has 2 fully saturated rings. The highest BCUT2D eigenvalue weighted by Gasteiger charge is 2.32. The van der Waals surface area contributed by atoms with Gasteiger partial charge >= 0.3 is 6.03 Å². The largest absolute Gasteiger partial charge is 0.474 e. The minimum atomic E-state index is -1.01. The van der Waals surface area contributed by atoms with Gasteiger partial charge in [-0.05, 0) is 50.3 Å². The molecule has 9 heteroatoms. The molecule has 1 saturated carbocycles. The first-order valence-corrected chi connectivity index (χ1v) is 10.8. The first-order chi connectivity index (χ1) is 15.4. The maximum atomic E-state index is 13.5. The first-order valence-electron chi connectivity index (χ1n) is 10.8. The van der Waals surface area contributed by atoms with E-state index in [9.17, 15) is 18.4 Å². The second-order valence-electron chi connectivity index (χ2n) is 8.29. The zero-order valence-electron chi connectivity index (χ0n) is 17.9. The van der Waals surface area contributed by atoms with Gasteiger partial charge in [0.15, 0.2) is 11.6 Å². The van der Waals surface area contributed by atoms with Gasteiger partial charge in [0.1, 0.15) is 12.6 Å². The van der Waals surface area contributed by atoms with Gasteiger partial charge in [-0.15, -0.1) is 0 Å². The minimum Gasteiger partial charge on any atom is -0.474 e. The van der Waals surface area contributed by atoms with Crippen LogP contribution in [0.2, 0.25) is 0 Å². The summed E-state index contributed by atoms with van der Waals surface area (Å²) in [5, 5.41) is 3.00. The Bertz CT molecular complexity index is 978. The monoisotopic (exact) mass is 444 g/mol. The Morgan fingerprint density at radius 3 is 2.59 bits per heavy atom. The van der Waals surface area contributed by atoms with E-state index in [1.54, 1.807) is 6.20 Å². The van der Waals surface area contributed by atoms with E-state index in [1.165, 1.54) is 15.9 Å². The van der Waals surface area contributed by atoms with Gasteiger partial charge < -0.3 is 15.0 Å². The average molecular weight is 444 g/mol. The van der Waals surface area contributed by atoms with Crippen molar-refractivity contribution in [2.75, 3.05) is 24.5 Å². The van der Waals surface area contributed by atoms with E-state index in [1.807, 2.05) is 19.1 Å². The molecule has 1 aliphatic carbocycles. The molecule has 0 spiro atoms. The van der Waals surface area contributed by atoms with E-state index in [4.69, 9.17) is 4.74 Å². The predicted molar refractivity (Wildman–Crippen MR) is 114 cm³/mol. The Morgan fingerprint density at radius 1 is 1.12 bits per heavy atom. The van der Waals surface area contributed by atoms with Crippen molar-refractivity contribution in [1.29, 1.82) is 0 Å². The van der Waals surface area contributed by atoms with Crippen molar-refractivity contribution in [1.82, 2.24) is 15.2 Å². The van der Waals surface area contributed by atoms with Gasteiger partial charge in [0.2, 0.25) is 11.8 Å². The molecule has 7 nitrogen and oxygen atoms in total. The standard InChI is InChI=1S/C23H26F2N4O3/c1-15-2-9-22(26-13-15)32-18-6-3-16(4-7-18)27-21(30)14-28-10-11-29(23(28)31)17-5-8-19(24)20(25)12-17/h2,5,8-9,12-13,16,18H,3-4,6-7,10-11,14H2,1H3,(H,27,30). The molecular weight excluding hydrogens is 418 g/mol. The number of ether oxygens (including phenoxy) is 1. The van der Waals surface area contributed by atoms with Crippen molar-refractivity contribution >= 4 is 17.6 Å². The van der Waals surface area contributed by atoms with Crippen molar-refractivity contribution in [3.05, 3.63) is 53.7 Å². The summed E-state index contributed by atoms with van der Waals surface area (Å²) in [5.74, 6) is -1.59. The van der Waals surface area contributed by atoms with Crippen molar-refractivity contribution in [2.24, 2.45) is 0 Å². The number of carbonyl (C=O) groups excluding carboxylic acids is 2. The van der Waals surface area contributed by atoms with Gasteiger partial charge in [-0.2, -0.15) is 0 Å². The molecule has 2 aromatic rings. The van der Waals surface area contributed by atoms with Crippen LogP contribution in [0.3, 0.4) is 0 Å². The molecule has 1 aromatic carbocycles. The normalized spacial score (nSPS) is 21.0. The lowest BCUT2D eigenvalue weighted by molar-refractivity contribution is -0.122. The zero-order chi connectivity index (χ0) is 22.7. The highest BCUT2D eigenvalue weighted by atomic mass is 19.2. The highest BCUT2D eigenvalue weighted by Crippen LogP contribution is 2.24. The van der Waals surface area contributed by atoms with Gasteiger partial charge in [0, 0.05) is 43.1 Å². The highest BCUT2D eigenvalue weighted by molar-refractivity contribution is 5.96. The number of hydrogen-bond acceptors (Lipinski definition) is 4. The number of carbonyl (C=O) groups is 2. The van der Waals surface area contributed by atoms with Crippen LogP contribution in [0.15, 0.2) is 36.5 Å². The fraction of sp³-hybridized carbons (Fsp3) is 0.435. The lowest BCUT2D eigenvalue weighted by Crippen LogP contribution is -2.45. The zero-order valence-corrected chi connectivity index (χ0v) is 17.9. The molecule has 32 heavy (non-hydrogen) atoms. The van der Waals surface area contributed by atoms with Crippen LogP contribution in [0.5, 0.6) is 5.88 Å². The van der Waals surface area contributed by atoms with Gasteiger partial charge in [-0.1, -0.05) is 6.07 Å².